The Bertz CT molecular complexity index is 809. The van der Waals surface area contributed by atoms with Gasteiger partial charge in [0.15, 0.2) is 0 Å². The fraction of sp³-hybridized carbons (Fsp3) is 0. The third-order valence-corrected chi connectivity index (χ3v) is 4.17. The number of nitrogens with two attached hydrogens (primary N) is 1. The highest BCUT2D eigenvalue weighted by atomic mass is 79.9. The van der Waals surface area contributed by atoms with Crippen LogP contribution in [0.4, 0.5) is 10.1 Å². The minimum absolute atomic E-state index is 0.0851. The van der Waals surface area contributed by atoms with E-state index in [9.17, 15) is 17.6 Å². The van der Waals surface area contributed by atoms with E-state index in [4.69, 9.17) is 5.14 Å². The average molecular weight is 373 g/mol. The van der Waals surface area contributed by atoms with Crippen molar-refractivity contribution in [1.82, 2.24) is 0 Å². The molecule has 2 rings (SSSR count). The van der Waals surface area contributed by atoms with Crippen molar-refractivity contribution in [3.05, 3.63) is 58.3 Å². The van der Waals surface area contributed by atoms with Crippen molar-refractivity contribution < 1.29 is 17.6 Å². The van der Waals surface area contributed by atoms with Crippen LogP contribution < -0.4 is 10.5 Å². The molecular formula is C13H10BrFN2O3S. The molecule has 0 fully saturated rings. The quantitative estimate of drug-likeness (QED) is 0.866. The lowest BCUT2D eigenvalue weighted by molar-refractivity contribution is 0.102. The lowest BCUT2D eigenvalue weighted by Crippen LogP contribution is -2.14. The molecule has 0 saturated carbocycles. The van der Waals surface area contributed by atoms with Crippen LogP contribution >= 0.6 is 15.9 Å². The van der Waals surface area contributed by atoms with Crippen LogP contribution in [0, 0.1) is 5.82 Å². The van der Waals surface area contributed by atoms with Gasteiger partial charge in [0.25, 0.3) is 5.91 Å². The van der Waals surface area contributed by atoms with Gasteiger partial charge in [0.2, 0.25) is 10.0 Å². The number of anilines is 1. The molecule has 0 aliphatic heterocycles. The summed E-state index contributed by atoms with van der Waals surface area (Å²) in [6, 6.07) is 9.14. The summed E-state index contributed by atoms with van der Waals surface area (Å²) < 4.78 is 35.8. The lowest BCUT2D eigenvalue weighted by atomic mass is 10.2. The molecule has 8 heteroatoms. The Hall–Kier alpha value is -1.77. The maximum absolute atomic E-state index is 13.1. The van der Waals surface area contributed by atoms with E-state index in [1.165, 1.54) is 36.4 Å². The van der Waals surface area contributed by atoms with Crippen LogP contribution in [0.1, 0.15) is 10.4 Å². The SMILES string of the molecule is NS(=O)(=O)c1ccc(NC(=O)c2cccc(F)c2)c(Br)c1. The van der Waals surface area contributed by atoms with E-state index in [1.807, 2.05) is 0 Å². The molecule has 0 unspecified atom stereocenters. The molecule has 0 spiro atoms. The topological polar surface area (TPSA) is 89.3 Å². The third-order valence-electron chi connectivity index (χ3n) is 2.60. The second kappa shape index (κ2) is 5.92. The van der Waals surface area contributed by atoms with Crippen molar-refractivity contribution in [2.45, 2.75) is 4.90 Å². The van der Waals surface area contributed by atoms with Crippen molar-refractivity contribution in [3.8, 4) is 0 Å². The molecule has 3 N–H and O–H groups in total. The van der Waals surface area contributed by atoms with Gasteiger partial charge in [0.05, 0.1) is 10.6 Å². The van der Waals surface area contributed by atoms with E-state index in [1.54, 1.807) is 0 Å². The summed E-state index contributed by atoms with van der Waals surface area (Å²) in [6.07, 6.45) is 0. The predicted octanol–water partition coefficient (Wildman–Crippen LogP) is 2.49. The molecular weight excluding hydrogens is 363 g/mol. The maximum atomic E-state index is 13.1. The van der Waals surface area contributed by atoms with Gasteiger partial charge < -0.3 is 5.32 Å². The molecule has 0 aliphatic carbocycles. The zero-order valence-electron chi connectivity index (χ0n) is 10.5. The lowest BCUT2D eigenvalue weighted by Gasteiger charge is -2.08. The van der Waals surface area contributed by atoms with Gasteiger partial charge in [-0.2, -0.15) is 0 Å². The number of carbonyl (C=O) groups is 1. The first-order chi connectivity index (χ1) is 9.77. The van der Waals surface area contributed by atoms with Crippen molar-refractivity contribution in [1.29, 1.82) is 0 Å². The summed E-state index contributed by atoms with van der Waals surface area (Å²) in [5, 5.41) is 7.55. The summed E-state index contributed by atoms with van der Waals surface area (Å²) in [4.78, 5) is 11.9. The van der Waals surface area contributed by atoms with Gasteiger partial charge in [-0.1, -0.05) is 6.07 Å². The zero-order chi connectivity index (χ0) is 15.6. The molecule has 21 heavy (non-hydrogen) atoms. The minimum atomic E-state index is -3.82. The highest BCUT2D eigenvalue weighted by Gasteiger charge is 2.13. The fourth-order valence-electron chi connectivity index (χ4n) is 1.60. The van der Waals surface area contributed by atoms with Crippen LogP contribution in [-0.4, -0.2) is 14.3 Å². The Labute approximate surface area is 129 Å². The minimum Gasteiger partial charge on any atom is -0.321 e. The van der Waals surface area contributed by atoms with E-state index in [2.05, 4.69) is 21.2 Å². The molecule has 2 aromatic carbocycles. The first kappa shape index (κ1) is 15.6. The van der Waals surface area contributed by atoms with Crippen LogP contribution in [0.2, 0.25) is 0 Å². The second-order valence-electron chi connectivity index (χ2n) is 4.15. The van der Waals surface area contributed by atoms with E-state index in [0.29, 0.717) is 10.2 Å². The number of primary sulfonamides is 1. The Kier molecular flexibility index (Phi) is 4.40. The van der Waals surface area contributed by atoms with Gasteiger partial charge in [0, 0.05) is 10.0 Å². The maximum Gasteiger partial charge on any atom is 0.255 e. The first-order valence-corrected chi connectivity index (χ1v) is 8.00. The number of benzene rings is 2. The number of rotatable bonds is 3. The number of carbonyl (C=O) groups excluding carboxylic acids is 1. The Morgan fingerprint density at radius 1 is 1.19 bits per heavy atom. The molecule has 0 heterocycles. The standard InChI is InChI=1S/C13H10BrFN2O3S/c14-11-7-10(21(16,19)20)4-5-12(11)17-13(18)8-2-1-3-9(15)6-8/h1-7H,(H,17,18)(H2,16,19,20). The highest BCUT2D eigenvalue weighted by Crippen LogP contribution is 2.25. The molecule has 1 amide bonds. The van der Waals surface area contributed by atoms with Gasteiger partial charge in [-0.05, 0) is 52.3 Å². The summed E-state index contributed by atoms with van der Waals surface area (Å²) in [5.41, 5.74) is 0.495. The molecule has 110 valence electrons. The third kappa shape index (κ3) is 3.87. The summed E-state index contributed by atoms with van der Waals surface area (Å²) in [7, 11) is -3.82. The summed E-state index contributed by atoms with van der Waals surface area (Å²) in [5.74, 6) is -1.04. The molecule has 0 radical (unpaired) electrons. The van der Waals surface area contributed by atoms with Crippen molar-refractivity contribution >= 4 is 37.5 Å². The van der Waals surface area contributed by atoms with Gasteiger partial charge in [0.1, 0.15) is 5.82 Å². The van der Waals surface area contributed by atoms with Crippen molar-refractivity contribution in [2.24, 2.45) is 5.14 Å². The monoisotopic (exact) mass is 372 g/mol. The predicted molar refractivity (Wildman–Crippen MR) is 79.9 cm³/mol. The fourth-order valence-corrected chi connectivity index (χ4v) is 2.77. The molecule has 0 aliphatic rings. The van der Waals surface area contributed by atoms with E-state index < -0.39 is 21.7 Å². The number of nitrogens with one attached hydrogen (secondary N) is 1. The van der Waals surface area contributed by atoms with Gasteiger partial charge in [-0.3, -0.25) is 4.79 Å². The first-order valence-electron chi connectivity index (χ1n) is 5.66. The Balaban J connectivity index is 2.26. The molecule has 0 atom stereocenters. The van der Waals surface area contributed by atoms with Crippen LogP contribution in [0.25, 0.3) is 0 Å². The van der Waals surface area contributed by atoms with E-state index in [-0.39, 0.29) is 10.5 Å². The number of halogens is 2. The van der Waals surface area contributed by atoms with Gasteiger partial charge in [-0.25, -0.2) is 17.9 Å². The number of hydrogen-bond acceptors (Lipinski definition) is 3. The van der Waals surface area contributed by atoms with Crippen LogP contribution in [-0.2, 0) is 10.0 Å². The smallest absolute Gasteiger partial charge is 0.255 e. The van der Waals surface area contributed by atoms with Crippen LogP contribution in [0.15, 0.2) is 51.8 Å². The normalized spacial score (nSPS) is 11.2. The highest BCUT2D eigenvalue weighted by molar-refractivity contribution is 9.10. The zero-order valence-corrected chi connectivity index (χ0v) is 12.9. The second-order valence-corrected chi connectivity index (χ2v) is 6.57. The number of amides is 1. The summed E-state index contributed by atoms with van der Waals surface area (Å²) >= 11 is 3.15. The largest absolute Gasteiger partial charge is 0.321 e. The van der Waals surface area contributed by atoms with Crippen LogP contribution in [0.3, 0.4) is 0 Å². The molecule has 0 aromatic heterocycles. The summed E-state index contributed by atoms with van der Waals surface area (Å²) in [6.45, 7) is 0. The van der Waals surface area contributed by atoms with E-state index >= 15 is 0 Å². The Morgan fingerprint density at radius 2 is 1.90 bits per heavy atom. The van der Waals surface area contributed by atoms with Crippen molar-refractivity contribution in [2.75, 3.05) is 5.32 Å². The van der Waals surface area contributed by atoms with Gasteiger partial charge >= 0.3 is 0 Å². The molecule has 0 saturated heterocycles. The molecule has 5 nitrogen and oxygen atoms in total. The molecule has 2 aromatic rings. The van der Waals surface area contributed by atoms with Crippen LogP contribution in [0.5, 0.6) is 0 Å². The number of hydrogen-bond donors (Lipinski definition) is 2. The van der Waals surface area contributed by atoms with Crippen molar-refractivity contribution in [3.63, 3.8) is 0 Å². The average Bonchev–Trinajstić information content (AvgIpc) is 2.39. The Morgan fingerprint density at radius 3 is 2.48 bits per heavy atom. The van der Waals surface area contributed by atoms with Gasteiger partial charge in [-0.15, -0.1) is 0 Å². The van der Waals surface area contributed by atoms with E-state index in [0.717, 1.165) is 6.07 Å². The molecule has 0 bridgehead atoms. The number of sulfonamides is 1.